The Balaban J connectivity index is 1.15. The van der Waals surface area contributed by atoms with Gasteiger partial charge in [-0.1, -0.05) is 158 Å². The van der Waals surface area contributed by atoms with Crippen molar-refractivity contribution < 1.29 is 14.3 Å². The van der Waals surface area contributed by atoms with Crippen molar-refractivity contribution in [2.45, 2.75) is 0 Å². The summed E-state index contributed by atoms with van der Waals surface area (Å²) < 4.78 is 50.2. The van der Waals surface area contributed by atoms with Crippen LogP contribution in [0, 0.1) is 0 Å². The molecule has 11 aromatic rings. The Kier molecular flexibility index (Phi) is 6.27. The summed E-state index contributed by atoms with van der Waals surface area (Å²) in [6, 6.07) is 57.7. The molecular formula is C52H33NO2. The number of para-hydroxylation sites is 4. The largest absolute Gasteiger partial charge is 0.455 e. The van der Waals surface area contributed by atoms with Gasteiger partial charge in [0.15, 0.2) is 0 Å². The Morgan fingerprint density at radius 3 is 1.75 bits per heavy atom. The number of nitrogens with zero attached hydrogens (tertiary/aromatic N) is 1. The van der Waals surface area contributed by atoms with E-state index in [4.69, 9.17) is 11.6 Å². The molecule has 3 heteroatoms. The van der Waals surface area contributed by atoms with E-state index in [0.29, 0.717) is 28.1 Å². The first kappa shape index (κ1) is 27.3. The lowest BCUT2D eigenvalue weighted by molar-refractivity contribution is 0.670. The Morgan fingerprint density at radius 2 is 0.945 bits per heavy atom. The van der Waals surface area contributed by atoms with E-state index in [1.807, 2.05) is 132 Å². The van der Waals surface area contributed by atoms with Crippen molar-refractivity contribution in [3.8, 4) is 33.4 Å². The van der Waals surface area contributed by atoms with E-state index in [9.17, 15) is 2.74 Å². The molecule has 9 aromatic carbocycles. The number of hydrogen-bond acceptors (Lipinski definition) is 3. The van der Waals surface area contributed by atoms with Crippen molar-refractivity contribution in [2.75, 3.05) is 4.90 Å². The number of hydrogen-bond donors (Lipinski definition) is 0. The third kappa shape index (κ3) is 5.13. The minimum absolute atomic E-state index is 0.155. The lowest BCUT2D eigenvalue weighted by atomic mass is 9.98. The molecule has 0 aliphatic heterocycles. The molecule has 0 saturated heterocycles. The lowest BCUT2D eigenvalue weighted by Crippen LogP contribution is -2.11. The van der Waals surface area contributed by atoms with Crippen LogP contribution in [0.5, 0.6) is 0 Å². The first-order valence-corrected chi connectivity index (χ1v) is 18.3. The van der Waals surface area contributed by atoms with E-state index in [1.54, 1.807) is 0 Å². The van der Waals surface area contributed by atoms with Gasteiger partial charge < -0.3 is 13.7 Å². The fourth-order valence-electron chi connectivity index (χ4n) is 8.00. The first-order valence-electron chi connectivity index (χ1n) is 20.3. The highest BCUT2D eigenvalue weighted by Crippen LogP contribution is 2.46. The lowest BCUT2D eigenvalue weighted by Gasteiger charge is -2.28. The van der Waals surface area contributed by atoms with Crippen molar-refractivity contribution in [1.29, 1.82) is 0 Å². The van der Waals surface area contributed by atoms with Gasteiger partial charge in [0.25, 0.3) is 0 Å². The summed E-state index contributed by atoms with van der Waals surface area (Å²) in [4.78, 5) is 1.93. The minimum atomic E-state index is -0.324. The van der Waals surface area contributed by atoms with Crippen molar-refractivity contribution in [2.24, 2.45) is 0 Å². The maximum absolute atomic E-state index is 9.60. The number of rotatable bonds is 6. The van der Waals surface area contributed by atoms with Crippen molar-refractivity contribution >= 4 is 71.7 Å². The summed E-state index contributed by atoms with van der Waals surface area (Å²) >= 11 is 0. The number of fused-ring (bicyclic) bond motifs is 8. The van der Waals surface area contributed by atoms with Gasteiger partial charge in [0.2, 0.25) is 0 Å². The summed E-state index contributed by atoms with van der Waals surface area (Å²) in [5, 5.41) is 5.93. The highest BCUT2D eigenvalue weighted by molar-refractivity contribution is 6.17. The molecule has 0 aliphatic rings. The molecule has 258 valence electrons. The molecule has 55 heavy (non-hydrogen) atoms. The first-order chi connectivity index (χ1) is 28.9. The Morgan fingerprint density at radius 1 is 0.364 bits per heavy atom. The SMILES string of the molecule is [2H]c1c([2H])c([2H])c(N(c2ccc(-c3ccccc3)cc2)c2ccc(-c3cccc4c3oc3ccccc34)cc2)c(-c2cccc3c2oc2c4ccccc4ccc32)c1[2H]. The van der Waals surface area contributed by atoms with Crippen LogP contribution in [0.15, 0.2) is 209 Å². The van der Waals surface area contributed by atoms with Gasteiger partial charge in [-0.15, -0.1) is 0 Å². The quantitative estimate of drug-likeness (QED) is 0.172. The van der Waals surface area contributed by atoms with Gasteiger partial charge >= 0.3 is 0 Å². The summed E-state index contributed by atoms with van der Waals surface area (Å²) in [6.07, 6.45) is 0. The zero-order valence-electron chi connectivity index (χ0n) is 33.5. The van der Waals surface area contributed by atoms with E-state index in [-0.39, 0.29) is 24.2 Å². The molecule has 0 amide bonds. The highest BCUT2D eigenvalue weighted by atomic mass is 16.3. The topological polar surface area (TPSA) is 29.5 Å². The molecule has 0 bridgehead atoms. The van der Waals surface area contributed by atoms with Crippen LogP contribution in [0.1, 0.15) is 5.48 Å². The molecule has 11 rings (SSSR count). The van der Waals surface area contributed by atoms with E-state index in [0.717, 1.165) is 77.0 Å². The fraction of sp³-hybridized carbons (Fsp3) is 0. The van der Waals surface area contributed by atoms with Crippen LogP contribution in [0.25, 0.3) is 88.0 Å². The maximum Gasteiger partial charge on any atom is 0.143 e. The van der Waals surface area contributed by atoms with Crippen LogP contribution in [0.4, 0.5) is 17.1 Å². The summed E-state index contributed by atoms with van der Waals surface area (Å²) in [7, 11) is 0. The molecule has 0 radical (unpaired) electrons. The molecule has 0 aliphatic carbocycles. The Hall–Kier alpha value is -7.36. The van der Waals surface area contributed by atoms with Crippen molar-refractivity contribution in [1.82, 2.24) is 0 Å². The maximum atomic E-state index is 9.60. The second-order valence-corrected chi connectivity index (χ2v) is 13.7. The van der Waals surface area contributed by atoms with E-state index >= 15 is 0 Å². The van der Waals surface area contributed by atoms with Gasteiger partial charge in [0.05, 0.1) is 11.2 Å². The molecule has 0 fully saturated rings. The fourth-order valence-corrected chi connectivity index (χ4v) is 8.00. The van der Waals surface area contributed by atoms with Gasteiger partial charge in [-0.05, 0) is 64.5 Å². The van der Waals surface area contributed by atoms with Crippen LogP contribution in [0.3, 0.4) is 0 Å². The highest BCUT2D eigenvalue weighted by Gasteiger charge is 2.21. The number of benzene rings is 9. The Labute approximate surface area is 323 Å². The second kappa shape index (κ2) is 12.6. The zero-order chi connectivity index (χ0) is 39.8. The predicted molar refractivity (Wildman–Crippen MR) is 229 cm³/mol. The normalized spacial score (nSPS) is 12.7. The smallest absolute Gasteiger partial charge is 0.143 e. The van der Waals surface area contributed by atoms with Crippen LogP contribution < -0.4 is 4.90 Å². The average Bonchev–Trinajstić information content (AvgIpc) is 3.88. The average molecular weight is 708 g/mol. The van der Waals surface area contributed by atoms with Crippen LogP contribution in [-0.2, 0) is 0 Å². The molecule has 3 nitrogen and oxygen atoms in total. The van der Waals surface area contributed by atoms with Crippen LogP contribution >= 0.6 is 0 Å². The summed E-state index contributed by atoms with van der Waals surface area (Å²) in [5.74, 6) is 0. The third-order valence-corrected chi connectivity index (χ3v) is 10.6. The van der Waals surface area contributed by atoms with Crippen LogP contribution in [0.2, 0.25) is 0 Å². The van der Waals surface area contributed by atoms with Crippen molar-refractivity contribution in [3.05, 3.63) is 200 Å². The standard InChI is InChI=1S/C52H33NO2/c1-2-12-34(13-3-1)35-24-29-38(30-25-35)53(39-31-26-37(27-32-39)41-18-10-20-45-43-17-7-9-23-49(43)54-50(41)45)48-22-8-6-16-42(48)44-19-11-21-46-47-33-28-36-14-4-5-15-40(36)51(47)55-52(44)46/h1-33H/i6D,8D,16D,22D. The minimum Gasteiger partial charge on any atom is -0.455 e. The van der Waals surface area contributed by atoms with E-state index in [1.165, 1.54) is 0 Å². The molecular weight excluding hydrogens is 671 g/mol. The summed E-state index contributed by atoms with van der Waals surface area (Å²) in [5.41, 5.74) is 9.59. The van der Waals surface area contributed by atoms with E-state index in [2.05, 4.69) is 48.5 Å². The van der Waals surface area contributed by atoms with Gasteiger partial charge in [-0.3, -0.25) is 0 Å². The molecule has 2 aromatic heterocycles. The van der Waals surface area contributed by atoms with Gasteiger partial charge in [-0.2, -0.15) is 0 Å². The van der Waals surface area contributed by atoms with Crippen molar-refractivity contribution in [3.63, 3.8) is 0 Å². The third-order valence-electron chi connectivity index (χ3n) is 10.6. The second-order valence-electron chi connectivity index (χ2n) is 13.7. The molecule has 0 atom stereocenters. The molecule has 0 spiro atoms. The van der Waals surface area contributed by atoms with E-state index < -0.39 is 0 Å². The van der Waals surface area contributed by atoms with Crippen LogP contribution in [-0.4, -0.2) is 0 Å². The van der Waals surface area contributed by atoms with Gasteiger partial charge in [0, 0.05) is 55.0 Å². The number of furan rings is 2. The Bertz CT molecular complexity index is 3430. The zero-order valence-corrected chi connectivity index (χ0v) is 29.5. The molecule has 0 N–H and O–H groups in total. The monoisotopic (exact) mass is 707 g/mol. The summed E-state index contributed by atoms with van der Waals surface area (Å²) in [6.45, 7) is 0. The predicted octanol–water partition coefficient (Wildman–Crippen LogP) is 15.1. The molecule has 0 saturated carbocycles. The van der Waals surface area contributed by atoms with Gasteiger partial charge in [-0.25, -0.2) is 0 Å². The molecule has 0 unspecified atom stereocenters. The van der Waals surface area contributed by atoms with Gasteiger partial charge in [0.1, 0.15) is 22.3 Å². The number of anilines is 3. The molecule has 2 heterocycles.